The normalized spacial score (nSPS) is 11.4. The van der Waals surface area contributed by atoms with E-state index in [1.54, 1.807) is 0 Å². The fraction of sp³-hybridized carbons (Fsp3) is 0.250. The van der Waals surface area contributed by atoms with E-state index in [4.69, 9.17) is 5.73 Å². The Balaban J connectivity index is 1.85. The lowest BCUT2D eigenvalue weighted by Crippen LogP contribution is -2.19. The molecule has 108 valence electrons. The molecule has 0 saturated heterocycles. The van der Waals surface area contributed by atoms with Crippen LogP contribution in [0, 0.1) is 0 Å². The zero-order valence-electron chi connectivity index (χ0n) is 12.3. The van der Waals surface area contributed by atoms with Crippen molar-refractivity contribution >= 4 is 16.6 Å². The molecule has 2 N–H and O–H groups in total. The number of pyridine rings is 1. The first-order valence-electron chi connectivity index (χ1n) is 6.92. The Morgan fingerprint density at radius 3 is 2.76 bits per heavy atom. The Morgan fingerprint density at radius 2 is 2.00 bits per heavy atom. The molecule has 5 nitrogen and oxygen atoms in total. The molecule has 21 heavy (non-hydrogen) atoms. The van der Waals surface area contributed by atoms with Crippen LogP contribution in [-0.4, -0.2) is 26.5 Å². The van der Waals surface area contributed by atoms with Gasteiger partial charge in [-0.05, 0) is 30.8 Å². The maximum Gasteiger partial charge on any atom is 0.122 e. The molecule has 3 rings (SSSR count). The Hall–Kier alpha value is -2.40. The first-order valence-corrected chi connectivity index (χ1v) is 6.92. The van der Waals surface area contributed by atoms with Crippen LogP contribution in [0.4, 0.5) is 5.69 Å². The van der Waals surface area contributed by atoms with Gasteiger partial charge >= 0.3 is 0 Å². The van der Waals surface area contributed by atoms with Crippen molar-refractivity contribution in [2.45, 2.75) is 13.1 Å². The van der Waals surface area contributed by atoms with Crippen LogP contribution >= 0.6 is 0 Å². The molecule has 5 heteroatoms. The monoisotopic (exact) mass is 281 g/mol. The number of fused-ring (bicyclic) bond motifs is 1. The number of hydrogen-bond acceptors (Lipinski definition) is 4. The minimum Gasteiger partial charge on any atom is -0.398 e. The molecule has 0 unspecified atom stereocenters. The number of hydrogen-bond donors (Lipinski definition) is 1. The second-order valence-electron chi connectivity index (χ2n) is 5.34. The standard InChI is InChI=1S/C16H19N5/c1-20(11-15-18-8-9-21(15)2)10-12-5-6-14(17)13-4-3-7-19-16(12)13/h3-9H,10-11,17H2,1-2H3. The van der Waals surface area contributed by atoms with Crippen molar-refractivity contribution in [3.8, 4) is 0 Å². The zero-order valence-corrected chi connectivity index (χ0v) is 12.3. The maximum absolute atomic E-state index is 6.02. The summed E-state index contributed by atoms with van der Waals surface area (Å²) in [7, 11) is 4.09. The quantitative estimate of drug-likeness (QED) is 0.745. The Morgan fingerprint density at radius 1 is 1.14 bits per heavy atom. The van der Waals surface area contributed by atoms with Gasteiger partial charge in [0.15, 0.2) is 0 Å². The van der Waals surface area contributed by atoms with Gasteiger partial charge in [-0.25, -0.2) is 4.98 Å². The Labute approximate surface area is 124 Å². The first-order chi connectivity index (χ1) is 10.1. The molecule has 0 saturated carbocycles. The summed E-state index contributed by atoms with van der Waals surface area (Å²) in [5, 5.41) is 1.01. The van der Waals surface area contributed by atoms with Gasteiger partial charge in [0.1, 0.15) is 5.82 Å². The van der Waals surface area contributed by atoms with Gasteiger partial charge in [-0.1, -0.05) is 6.07 Å². The third kappa shape index (κ3) is 2.73. The highest BCUT2D eigenvalue weighted by Crippen LogP contribution is 2.23. The van der Waals surface area contributed by atoms with E-state index < -0.39 is 0 Å². The topological polar surface area (TPSA) is 60.0 Å². The molecule has 2 aromatic heterocycles. The number of benzene rings is 1. The zero-order chi connectivity index (χ0) is 14.8. The summed E-state index contributed by atoms with van der Waals surface area (Å²) in [5.74, 6) is 1.05. The summed E-state index contributed by atoms with van der Waals surface area (Å²) >= 11 is 0. The second kappa shape index (κ2) is 5.54. The molecule has 2 heterocycles. The average molecular weight is 281 g/mol. The summed E-state index contributed by atoms with van der Waals surface area (Å²) < 4.78 is 2.04. The molecule has 3 aromatic rings. The van der Waals surface area contributed by atoms with Crippen molar-refractivity contribution in [3.63, 3.8) is 0 Å². The number of anilines is 1. The van der Waals surface area contributed by atoms with Crippen molar-refractivity contribution in [1.29, 1.82) is 0 Å². The lowest BCUT2D eigenvalue weighted by atomic mass is 10.1. The van der Waals surface area contributed by atoms with Crippen molar-refractivity contribution in [3.05, 3.63) is 54.2 Å². The largest absolute Gasteiger partial charge is 0.398 e. The number of nitrogen functional groups attached to an aromatic ring is 1. The summed E-state index contributed by atoms with van der Waals surface area (Å²) in [4.78, 5) is 11.1. The van der Waals surface area contributed by atoms with Crippen LogP contribution in [-0.2, 0) is 20.1 Å². The minimum absolute atomic E-state index is 0.772. The number of aromatic nitrogens is 3. The summed E-state index contributed by atoms with van der Waals surface area (Å²) in [6.45, 7) is 1.60. The van der Waals surface area contributed by atoms with Crippen LogP contribution in [0.2, 0.25) is 0 Å². The molecule has 0 aliphatic heterocycles. The Kier molecular flexibility index (Phi) is 3.58. The van der Waals surface area contributed by atoms with E-state index in [2.05, 4.69) is 28.0 Å². The third-order valence-corrected chi connectivity index (χ3v) is 3.66. The highest BCUT2D eigenvalue weighted by molar-refractivity contribution is 5.92. The number of rotatable bonds is 4. The fourth-order valence-corrected chi connectivity index (χ4v) is 2.52. The lowest BCUT2D eigenvalue weighted by Gasteiger charge is -2.17. The van der Waals surface area contributed by atoms with Gasteiger partial charge < -0.3 is 10.3 Å². The van der Waals surface area contributed by atoms with Crippen LogP contribution in [0.25, 0.3) is 10.9 Å². The van der Waals surface area contributed by atoms with Gasteiger partial charge in [-0.3, -0.25) is 9.88 Å². The van der Waals surface area contributed by atoms with E-state index in [9.17, 15) is 0 Å². The van der Waals surface area contributed by atoms with E-state index in [0.717, 1.165) is 35.5 Å². The molecule has 0 atom stereocenters. The molecule has 0 spiro atoms. The lowest BCUT2D eigenvalue weighted by molar-refractivity contribution is 0.308. The van der Waals surface area contributed by atoms with Crippen LogP contribution in [0.15, 0.2) is 42.9 Å². The Bertz CT molecular complexity index is 762. The van der Waals surface area contributed by atoms with Crippen LogP contribution in [0.3, 0.4) is 0 Å². The highest BCUT2D eigenvalue weighted by atomic mass is 15.1. The molecule has 0 bridgehead atoms. The molecular weight excluding hydrogens is 262 g/mol. The molecule has 0 aliphatic rings. The van der Waals surface area contributed by atoms with Gasteiger partial charge in [-0.2, -0.15) is 0 Å². The van der Waals surface area contributed by atoms with Crippen LogP contribution < -0.4 is 5.73 Å². The summed E-state index contributed by atoms with van der Waals surface area (Å²) in [5.41, 5.74) is 8.94. The summed E-state index contributed by atoms with van der Waals surface area (Å²) in [6, 6.07) is 7.94. The molecule has 0 aliphatic carbocycles. The molecule has 1 aromatic carbocycles. The van der Waals surface area contributed by atoms with E-state index in [0.29, 0.717) is 0 Å². The van der Waals surface area contributed by atoms with Crippen LogP contribution in [0.1, 0.15) is 11.4 Å². The number of nitrogens with two attached hydrogens (primary N) is 1. The maximum atomic E-state index is 6.02. The predicted molar refractivity (Wildman–Crippen MR) is 84.5 cm³/mol. The van der Waals surface area contributed by atoms with Crippen molar-refractivity contribution in [1.82, 2.24) is 19.4 Å². The molecule has 0 radical (unpaired) electrons. The molecule has 0 amide bonds. The fourth-order valence-electron chi connectivity index (χ4n) is 2.52. The van der Waals surface area contributed by atoms with E-state index in [-0.39, 0.29) is 0 Å². The number of nitrogens with zero attached hydrogens (tertiary/aromatic N) is 4. The van der Waals surface area contributed by atoms with Crippen LogP contribution in [0.5, 0.6) is 0 Å². The third-order valence-electron chi connectivity index (χ3n) is 3.66. The van der Waals surface area contributed by atoms with E-state index >= 15 is 0 Å². The smallest absolute Gasteiger partial charge is 0.122 e. The van der Waals surface area contributed by atoms with Crippen molar-refractivity contribution in [2.75, 3.05) is 12.8 Å². The first kappa shape index (κ1) is 13.6. The predicted octanol–water partition coefficient (Wildman–Crippen LogP) is 2.18. The molecular formula is C16H19N5. The van der Waals surface area contributed by atoms with Crippen molar-refractivity contribution < 1.29 is 0 Å². The highest BCUT2D eigenvalue weighted by Gasteiger charge is 2.09. The number of aryl methyl sites for hydroxylation is 1. The molecule has 0 fully saturated rings. The second-order valence-corrected chi connectivity index (χ2v) is 5.34. The summed E-state index contributed by atoms with van der Waals surface area (Å²) in [6.07, 6.45) is 5.59. The van der Waals surface area contributed by atoms with Gasteiger partial charge in [-0.15, -0.1) is 0 Å². The number of imidazole rings is 1. The average Bonchev–Trinajstić information content (AvgIpc) is 2.88. The van der Waals surface area contributed by atoms with Gasteiger partial charge in [0, 0.05) is 43.3 Å². The minimum atomic E-state index is 0.772. The van der Waals surface area contributed by atoms with Gasteiger partial charge in [0.05, 0.1) is 12.1 Å². The van der Waals surface area contributed by atoms with E-state index in [1.807, 2.05) is 48.4 Å². The van der Waals surface area contributed by atoms with E-state index in [1.165, 1.54) is 5.56 Å². The van der Waals surface area contributed by atoms with Gasteiger partial charge in [0.25, 0.3) is 0 Å². The van der Waals surface area contributed by atoms with Crippen molar-refractivity contribution in [2.24, 2.45) is 7.05 Å². The SMILES string of the molecule is CN(Cc1ccc(N)c2cccnc12)Cc1nccn1C. The van der Waals surface area contributed by atoms with Gasteiger partial charge in [0.2, 0.25) is 0 Å².